The molecule has 19 heavy (non-hydrogen) atoms. The van der Waals surface area contributed by atoms with Gasteiger partial charge in [-0.3, -0.25) is 0 Å². The smallest absolute Gasteiger partial charge is 0.169 e. The van der Waals surface area contributed by atoms with Crippen LogP contribution < -0.4 is 5.32 Å². The molecule has 2 aromatic heterocycles. The normalized spacial score (nSPS) is 10.6. The van der Waals surface area contributed by atoms with Crippen molar-refractivity contribution in [2.75, 3.05) is 5.32 Å². The van der Waals surface area contributed by atoms with Crippen molar-refractivity contribution in [1.29, 1.82) is 0 Å². The summed E-state index contributed by atoms with van der Waals surface area (Å²) in [5.41, 5.74) is 1.82. The fourth-order valence-electron chi connectivity index (χ4n) is 1.72. The molecular weight excluding hydrogens is 310 g/mol. The number of furan rings is 1. The van der Waals surface area contributed by atoms with Crippen LogP contribution in [0.25, 0.3) is 5.69 Å². The summed E-state index contributed by atoms with van der Waals surface area (Å²) in [6, 6.07) is 11.6. The molecule has 1 aromatic carbocycles. The predicted molar refractivity (Wildman–Crippen MR) is 72.9 cm³/mol. The number of nitrogens with one attached hydrogen (secondary N) is 1. The van der Waals surface area contributed by atoms with Crippen LogP contribution in [0.15, 0.2) is 51.8 Å². The number of hydrogen-bond donors (Lipinski definition) is 1. The van der Waals surface area contributed by atoms with Crippen LogP contribution in [0.5, 0.6) is 0 Å². The number of tetrazole rings is 1. The highest BCUT2D eigenvalue weighted by Gasteiger charge is 2.06. The molecule has 0 amide bonds. The minimum absolute atomic E-state index is 0.588. The Morgan fingerprint density at radius 3 is 2.84 bits per heavy atom. The van der Waals surface area contributed by atoms with Crippen LogP contribution in [0.3, 0.4) is 0 Å². The molecule has 0 radical (unpaired) electrons. The molecule has 0 spiro atoms. The highest BCUT2D eigenvalue weighted by atomic mass is 79.9. The fourth-order valence-corrected chi connectivity index (χ4v) is 2.06. The molecule has 0 atom stereocenters. The summed E-state index contributed by atoms with van der Waals surface area (Å²) >= 11 is 3.28. The van der Waals surface area contributed by atoms with E-state index in [1.807, 2.05) is 36.4 Å². The third-order valence-corrected chi connectivity index (χ3v) is 3.01. The van der Waals surface area contributed by atoms with Crippen molar-refractivity contribution in [3.05, 3.63) is 53.2 Å². The number of anilines is 1. The van der Waals surface area contributed by atoms with Gasteiger partial charge in [-0.05, 0) is 50.6 Å². The molecule has 0 aliphatic rings. The van der Waals surface area contributed by atoms with Gasteiger partial charge in [0.1, 0.15) is 12.1 Å². The zero-order valence-corrected chi connectivity index (χ0v) is 11.4. The molecule has 96 valence electrons. The van der Waals surface area contributed by atoms with Gasteiger partial charge in [0.25, 0.3) is 0 Å². The highest BCUT2D eigenvalue weighted by Crippen LogP contribution is 2.20. The SMILES string of the molecule is Brc1ccc(CNc2ccccc2-n2cnnn2)o1. The predicted octanol–water partition coefficient (Wildman–Crippen LogP) is 2.63. The first-order chi connectivity index (χ1) is 9.33. The standard InChI is InChI=1S/C12H10BrN5O/c13-12-6-5-9(19-12)7-14-10-3-1-2-4-11(10)18-8-15-16-17-18/h1-6,8,14H,7H2. The molecule has 0 saturated carbocycles. The fraction of sp³-hybridized carbons (Fsp3) is 0.0833. The van der Waals surface area contributed by atoms with E-state index in [-0.39, 0.29) is 0 Å². The van der Waals surface area contributed by atoms with Gasteiger partial charge in [0.15, 0.2) is 4.67 Å². The molecule has 0 unspecified atom stereocenters. The van der Waals surface area contributed by atoms with E-state index < -0.39 is 0 Å². The van der Waals surface area contributed by atoms with Gasteiger partial charge in [-0.2, -0.15) is 4.68 Å². The van der Waals surface area contributed by atoms with Crippen LogP contribution in [0, 0.1) is 0 Å². The Bertz CT molecular complexity index is 664. The van der Waals surface area contributed by atoms with Gasteiger partial charge in [0.2, 0.25) is 0 Å². The summed E-state index contributed by atoms with van der Waals surface area (Å²) < 4.78 is 7.77. The quantitative estimate of drug-likeness (QED) is 0.800. The maximum atomic E-state index is 5.44. The number of para-hydroxylation sites is 2. The van der Waals surface area contributed by atoms with Gasteiger partial charge in [0.05, 0.1) is 17.9 Å². The van der Waals surface area contributed by atoms with E-state index >= 15 is 0 Å². The van der Waals surface area contributed by atoms with Gasteiger partial charge in [0, 0.05) is 0 Å². The van der Waals surface area contributed by atoms with E-state index in [0.29, 0.717) is 6.54 Å². The maximum absolute atomic E-state index is 5.44. The summed E-state index contributed by atoms with van der Waals surface area (Å²) in [5.74, 6) is 0.846. The zero-order valence-electron chi connectivity index (χ0n) is 9.82. The van der Waals surface area contributed by atoms with Crippen LogP contribution in [-0.2, 0) is 6.54 Å². The van der Waals surface area contributed by atoms with Crippen molar-refractivity contribution in [2.45, 2.75) is 6.54 Å². The summed E-state index contributed by atoms with van der Waals surface area (Å²) in [4.78, 5) is 0. The van der Waals surface area contributed by atoms with Gasteiger partial charge in [-0.1, -0.05) is 12.1 Å². The van der Waals surface area contributed by atoms with Gasteiger partial charge in [-0.25, -0.2) is 0 Å². The third-order valence-electron chi connectivity index (χ3n) is 2.58. The van der Waals surface area contributed by atoms with Crippen molar-refractivity contribution in [2.24, 2.45) is 0 Å². The second-order valence-electron chi connectivity index (χ2n) is 3.83. The maximum Gasteiger partial charge on any atom is 0.169 e. The lowest BCUT2D eigenvalue weighted by Gasteiger charge is -2.09. The molecule has 3 rings (SSSR count). The van der Waals surface area contributed by atoms with Crippen LogP contribution in [-0.4, -0.2) is 20.2 Å². The molecule has 0 saturated heterocycles. The Kier molecular flexibility index (Phi) is 3.28. The summed E-state index contributed by atoms with van der Waals surface area (Å²) in [6.45, 7) is 0.588. The second kappa shape index (κ2) is 5.23. The summed E-state index contributed by atoms with van der Waals surface area (Å²) in [5, 5.41) is 14.5. The van der Waals surface area contributed by atoms with Crippen LogP contribution in [0.1, 0.15) is 5.76 Å². The number of rotatable bonds is 4. The summed E-state index contributed by atoms with van der Waals surface area (Å²) in [6.07, 6.45) is 1.56. The molecular formula is C12H10BrN5O. The average Bonchev–Trinajstić information content (AvgIpc) is 3.08. The van der Waals surface area contributed by atoms with Gasteiger partial charge in [-0.15, -0.1) is 5.10 Å². The van der Waals surface area contributed by atoms with Crippen molar-refractivity contribution in [3.8, 4) is 5.69 Å². The Morgan fingerprint density at radius 1 is 1.21 bits per heavy atom. The van der Waals surface area contributed by atoms with Crippen molar-refractivity contribution in [3.63, 3.8) is 0 Å². The number of aromatic nitrogens is 4. The topological polar surface area (TPSA) is 68.8 Å². The first kappa shape index (κ1) is 11.9. The Morgan fingerprint density at radius 2 is 2.11 bits per heavy atom. The molecule has 3 aromatic rings. The highest BCUT2D eigenvalue weighted by molar-refractivity contribution is 9.10. The lowest BCUT2D eigenvalue weighted by molar-refractivity contribution is 0.495. The number of benzene rings is 1. The average molecular weight is 320 g/mol. The van der Waals surface area contributed by atoms with Crippen molar-refractivity contribution in [1.82, 2.24) is 20.2 Å². The van der Waals surface area contributed by atoms with E-state index in [0.717, 1.165) is 21.8 Å². The van der Waals surface area contributed by atoms with Crippen molar-refractivity contribution >= 4 is 21.6 Å². The van der Waals surface area contributed by atoms with Gasteiger partial charge < -0.3 is 9.73 Å². The van der Waals surface area contributed by atoms with E-state index in [2.05, 4.69) is 36.8 Å². The number of nitrogens with zero attached hydrogens (tertiary/aromatic N) is 4. The molecule has 0 fully saturated rings. The zero-order chi connectivity index (χ0) is 13.1. The van der Waals surface area contributed by atoms with Gasteiger partial charge >= 0.3 is 0 Å². The van der Waals surface area contributed by atoms with Crippen molar-refractivity contribution < 1.29 is 4.42 Å². The molecule has 2 heterocycles. The lowest BCUT2D eigenvalue weighted by atomic mass is 10.2. The minimum atomic E-state index is 0.588. The molecule has 6 nitrogen and oxygen atoms in total. The van der Waals surface area contributed by atoms with Crippen LogP contribution in [0.4, 0.5) is 5.69 Å². The molecule has 1 N–H and O–H groups in total. The van der Waals surface area contributed by atoms with E-state index in [1.165, 1.54) is 0 Å². The lowest BCUT2D eigenvalue weighted by Crippen LogP contribution is -2.04. The van der Waals surface area contributed by atoms with Crippen LogP contribution in [0.2, 0.25) is 0 Å². The molecule has 0 aliphatic heterocycles. The summed E-state index contributed by atoms with van der Waals surface area (Å²) in [7, 11) is 0. The second-order valence-corrected chi connectivity index (χ2v) is 4.61. The van der Waals surface area contributed by atoms with E-state index in [1.54, 1.807) is 11.0 Å². The van der Waals surface area contributed by atoms with Crippen LogP contribution >= 0.6 is 15.9 Å². The third kappa shape index (κ3) is 2.65. The van der Waals surface area contributed by atoms with E-state index in [9.17, 15) is 0 Å². The first-order valence-electron chi connectivity index (χ1n) is 5.63. The first-order valence-corrected chi connectivity index (χ1v) is 6.43. The molecule has 7 heteroatoms. The molecule has 0 aliphatic carbocycles. The Labute approximate surface area is 117 Å². The molecule has 0 bridgehead atoms. The monoisotopic (exact) mass is 319 g/mol. The minimum Gasteiger partial charge on any atom is -0.452 e. The largest absolute Gasteiger partial charge is 0.452 e. The van der Waals surface area contributed by atoms with E-state index in [4.69, 9.17) is 4.42 Å². The number of halogens is 1. The Hall–Kier alpha value is -2.15. The Balaban J connectivity index is 1.81. The number of hydrogen-bond acceptors (Lipinski definition) is 5.